The van der Waals surface area contributed by atoms with Gasteiger partial charge in [0.05, 0.1) is 22.5 Å². The Kier molecular flexibility index (Phi) is 6.23. The van der Waals surface area contributed by atoms with Crippen molar-refractivity contribution in [2.75, 3.05) is 12.0 Å². The Bertz CT molecular complexity index is 928. The smallest absolute Gasteiger partial charge is 0.333 e. The number of ether oxygens (including phenoxy) is 2. The minimum Gasteiger partial charge on any atom is -0.493 e. The predicted octanol–water partition coefficient (Wildman–Crippen LogP) is 4.57. The van der Waals surface area contributed by atoms with E-state index in [1.165, 1.54) is 0 Å². The molecule has 3 amide bonds. The van der Waals surface area contributed by atoms with Crippen LogP contribution in [0.5, 0.6) is 11.5 Å². The van der Waals surface area contributed by atoms with Crippen LogP contribution in [0.2, 0.25) is 0 Å². The highest BCUT2D eigenvalue weighted by atomic mass is 127. The number of hydrogen-bond donors (Lipinski definition) is 1. The number of rotatable bonds is 6. The molecule has 0 saturated carbocycles. The fourth-order valence-electron chi connectivity index (χ4n) is 2.74. The Morgan fingerprint density at radius 1 is 1.21 bits per heavy atom. The first-order valence-electron chi connectivity index (χ1n) is 8.91. The maximum atomic E-state index is 12.7. The average molecular weight is 492 g/mol. The number of halogens is 1. The van der Waals surface area contributed by atoms with Crippen LogP contribution in [0, 0.1) is 3.57 Å². The topological polar surface area (TPSA) is 67.9 Å². The quantitative estimate of drug-likeness (QED) is 0.365. The van der Waals surface area contributed by atoms with Gasteiger partial charge in [-0.25, -0.2) is 9.69 Å². The lowest BCUT2D eigenvalue weighted by atomic mass is 10.1. The summed E-state index contributed by atoms with van der Waals surface area (Å²) in [6.45, 7) is 4.05. The third-order valence-corrected chi connectivity index (χ3v) is 5.15. The van der Waals surface area contributed by atoms with Crippen molar-refractivity contribution in [2.24, 2.45) is 0 Å². The number of anilines is 1. The standard InChI is InChI=1S/C21H21IN2O4/c1-4-13(2)28-19-16(22)10-14(12-18(19)27-3)11-17-20(25)24(21(26)23-17)15-8-6-5-7-9-15/h5-13H,4H2,1-3H3,(H,23,26)/b17-11+/t13-/m0/s1. The maximum Gasteiger partial charge on any atom is 0.333 e. The monoisotopic (exact) mass is 492 g/mol. The van der Waals surface area contributed by atoms with Crippen molar-refractivity contribution in [1.82, 2.24) is 5.32 Å². The normalized spacial score (nSPS) is 16.3. The van der Waals surface area contributed by atoms with E-state index in [4.69, 9.17) is 9.47 Å². The lowest BCUT2D eigenvalue weighted by Gasteiger charge is -2.17. The number of para-hydroxylation sites is 1. The van der Waals surface area contributed by atoms with E-state index in [0.29, 0.717) is 17.2 Å². The van der Waals surface area contributed by atoms with Crippen molar-refractivity contribution in [3.63, 3.8) is 0 Å². The van der Waals surface area contributed by atoms with Gasteiger partial charge in [0.1, 0.15) is 5.70 Å². The van der Waals surface area contributed by atoms with Gasteiger partial charge in [-0.3, -0.25) is 4.79 Å². The molecule has 3 rings (SSSR count). The Balaban J connectivity index is 1.92. The molecule has 0 aromatic heterocycles. The Morgan fingerprint density at radius 3 is 2.57 bits per heavy atom. The molecule has 1 N–H and O–H groups in total. The molecule has 6 nitrogen and oxygen atoms in total. The molecule has 146 valence electrons. The summed E-state index contributed by atoms with van der Waals surface area (Å²) in [7, 11) is 1.57. The highest BCUT2D eigenvalue weighted by molar-refractivity contribution is 14.1. The van der Waals surface area contributed by atoms with Gasteiger partial charge in [0.2, 0.25) is 0 Å². The van der Waals surface area contributed by atoms with Crippen molar-refractivity contribution in [1.29, 1.82) is 0 Å². The van der Waals surface area contributed by atoms with Gasteiger partial charge in [-0.1, -0.05) is 25.1 Å². The van der Waals surface area contributed by atoms with Crippen molar-refractivity contribution >= 4 is 46.3 Å². The highest BCUT2D eigenvalue weighted by Gasteiger charge is 2.34. The number of carbonyl (C=O) groups is 2. The first-order valence-corrected chi connectivity index (χ1v) is 9.98. The van der Waals surface area contributed by atoms with Crippen LogP contribution in [0.4, 0.5) is 10.5 Å². The summed E-state index contributed by atoms with van der Waals surface area (Å²) in [6, 6.07) is 12.0. The highest BCUT2D eigenvalue weighted by Crippen LogP contribution is 2.36. The minimum absolute atomic E-state index is 0.0572. The van der Waals surface area contributed by atoms with Gasteiger partial charge in [0, 0.05) is 0 Å². The molecular weight excluding hydrogens is 471 g/mol. The predicted molar refractivity (Wildman–Crippen MR) is 117 cm³/mol. The third kappa shape index (κ3) is 4.14. The van der Waals surface area contributed by atoms with Crippen molar-refractivity contribution < 1.29 is 19.1 Å². The second-order valence-corrected chi connectivity index (χ2v) is 7.50. The molecule has 0 radical (unpaired) electrons. The molecule has 0 spiro atoms. The van der Waals surface area contributed by atoms with Crippen LogP contribution in [0.25, 0.3) is 6.08 Å². The minimum atomic E-state index is -0.471. The van der Waals surface area contributed by atoms with Crippen LogP contribution < -0.4 is 19.7 Å². The van der Waals surface area contributed by atoms with Crippen LogP contribution in [0.3, 0.4) is 0 Å². The summed E-state index contributed by atoms with van der Waals surface area (Å²) in [4.78, 5) is 26.1. The summed E-state index contributed by atoms with van der Waals surface area (Å²) in [6.07, 6.45) is 2.57. The van der Waals surface area contributed by atoms with Gasteiger partial charge in [-0.05, 0) is 71.8 Å². The van der Waals surface area contributed by atoms with Crippen molar-refractivity contribution in [3.05, 3.63) is 57.3 Å². The molecule has 1 fully saturated rings. The number of carbonyl (C=O) groups excluding carboxylic acids is 2. The van der Waals surface area contributed by atoms with Crippen LogP contribution in [-0.2, 0) is 4.79 Å². The van der Waals surface area contributed by atoms with Crippen molar-refractivity contribution in [2.45, 2.75) is 26.4 Å². The summed E-state index contributed by atoms with van der Waals surface area (Å²) in [5, 5.41) is 2.64. The number of hydrogen-bond acceptors (Lipinski definition) is 4. The maximum absolute atomic E-state index is 12.7. The van der Waals surface area contributed by atoms with Crippen LogP contribution in [0.1, 0.15) is 25.8 Å². The second-order valence-electron chi connectivity index (χ2n) is 6.34. The summed E-state index contributed by atoms with van der Waals surface area (Å²) < 4.78 is 12.3. The Labute approximate surface area is 177 Å². The van der Waals surface area contributed by atoms with E-state index >= 15 is 0 Å². The van der Waals surface area contributed by atoms with Crippen LogP contribution >= 0.6 is 22.6 Å². The number of nitrogens with one attached hydrogen (secondary N) is 1. The molecule has 2 aromatic rings. The molecule has 0 aliphatic carbocycles. The number of imide groups is 1. The Morgan fingerprint density at radius 2 is 1.93 bits per heavy atom. The van der Waals surface area contributed by atoms with Gasteiger partial charge in [-0.2, -0.15) is 0 Å². The zero-order valence-corrected chi connectivity index (χ0v) is 18.0. The average Bonchev–Trinajstić information content (AvgIpc) is 2.97. The Hall–Kier alpha value is -2.55. The fourth-order valence-corrected chi connectivity index (χ4v) is 3.49. The van der Waals surface area contributed by atoms with Gasteiger partial charge in [0.25, 0.3) is 5.91 Å². The zero-order chi connectivity index (χ0) is 20.3. The van der Waals surface area contributed by atoms with Gasteiger partial charge in [0.15, 0.2) is 11.5 Å². The lowest BCUT2D eigenvalue weighted by molar-refractivity contribution is -0.113. The van der Waals surface area contributed by atoms with Gasteiger partial charge >= 0.3 is 6.03 Å². The molecule has 1 aliphatic rings. The van der Waals surface area contributed by atoms with E-state index in [2.05, 4.69) is 34.8 Å². The van der Waals surface area contributed by atoms with Gasteiger partial charge < -0.3 is 14.8 Å². The van der Waals surface area contributed by atoms with Crippen LogP contribution in [0.15, 0.2) is 48.2 Å². The lowest BCUT2D eigenvalue weighted by Crippen LogP contribution is -2.30. The van der Waals surface area contributed by atoms with Gasteiger partial charge in [-0.15, -0.1) is 0 Å². The fraction of sp³-hybridized carbons (Fsp3) is 0.238. The summed E-state index contributed by atoms with van der Waals surface area (Å²) in [5.74, 6) is 0.855. The first-order chi connectivity index (χ1) is 13.4. The molecule has 0 unspecified atom stereocenters. The molecule has 1 aliphatic heterocycles. The van der Waals surface area contributed by atoms with E-state index in [1.54, 1.807) is 43.5 Å². The van der Waals surface area contributed by atoms with E-state index in [-0.39, 0.29) is 11.8 Å². The number of benzene rings is 2. The van der Waals surface area contributed by atoms with Crippen LogP contribution in [-0.4, -0.2) is 25.2 Å². The van der Waals surface area contributed by atoms with E-state index < -0.39 is 11.9 Å². The molecular formula is C21H21IN2O4. The number of urea groups is 1. The third-order valence-electron chi connectivity index (χ3n) is 4.35. The van der Waals surface area contributed by atoms with E-state index in [0.717, 1.165) is 20.5 Å². The second kappa shape index (κ2) is 8.64. The van der Waals surface area contributed by atoms with E-state index in [9.17, 15) is 9.59 Å². The SMILES string of the molecule is CC[C@H](C)Oc1c(I)cc(/C=C2/NC(=O)N(c3ccccc3)C2=O)cc1OC. The molecule has 1 saturated heterocycles. The molecule has 7 heteroatoms. The first kappa shape index (κ1) is 20.2. The number of amides is 3. The number of nitrogens with zero attached hydrogens (tertiary/aromatic N) is 1. The number of methoxy groups -OCH3 is 1. The van der Waals surface area contributed by atoms with E-state index in [1.807, 2.05) is 19.1 Å². The summed E-state index contributed by atoms with van der Waals surface area (Å²) in [5.41, 5.74) is 1.47. The molecule has 1 heterocycles. The largest absolute Gasteiger partial charge is 0.493 e. The molecule has 0 bridgehead atoms. The molecule has 28 heavy (non-hydrogen) atoms. The zero-order valence-electron chi connectivity index (χ0n) is 15.9. The molecule has 2 aromatic carbocycles. The molecule has 1 atom stereocenters. The summed E-state index contributed by atoms with van der Waals surface area (Å²) >= 11 is 2.18. The van der Waals surface area contributed by atoms with Crippen molar-refractivity contribution in [3.8, 4) is 11.5 Å².